The summed E-state index contributed by atoms with van der Waals surface area (Å²) in [5.74, 6) is 1.62. The molecule has 2 amide bonds. The predicted molar refractivity (Wildman–Crippen MR) is 127 cm³/mol. The Balaban J connectivity index is 1.33. The Morgan fingerprint density at radius 3 is 2.30 bits per heavy atom. The van der Waals surface area contributed by atoms with Crippen LogP contribution in [0.3, 0.4) is 0 Å². The van der Waals surface area contributed by atoms with E-state index in [4.69, 9.17) is 0 Å². The van der Waals surface area contributed by atoms with Crippen LogP contribution in [-0.4, -0.2) is 56.7 Å². The molecule has 0 radical (unpaired) electrons. The highest BCUT2D eigenvalue weighted by molar-refractivity contribution is 5.74. The van der Waals surface area contributed by atoms with Crippen molar-refractivity contribution >= 4 is 17.6 Å². The molecule has 0 bridgehead atoms. The number of urea groups is 1. The quantitative estimate of drug-likeness (QED) is 0.515. The van der Waals surface area contributed by atoms with Gasteiger partial charge in [0.25, 0.3) is 5.78 Å². The predicted octanol–water partition coefficient (Wildman–Crippen LogP) is 3.06. The Kier molecular flexibility index (Phi) is 5.89. The number of carbonyl (C=O) groups is 1. The molecule has 1 aliphatic heterocycles. The fourth-order valence-electron chi connectivity index (χ4n) is 4.31. The maximum absolute atomic E-state index is 12.7. The molecule has 0 atom stereocenters. The van der Waals surface area contributed by atoms with Crippen LogP contribution in [0.1, 0.15) is 22.4 Å². The zero-order chi connectivity index (χ0) is 22.6. The molecule has 168 valence electrons. The number of anilines is 1. The van der Waals surface area contributed by atoms with Crippen molar-refractivity contribution in [3.8, 4) is 0 Å². The van der Waals surface area contributed by atoms with Gasteiger partial charge in [-0.05, 0) is 18.1 Å². The van der Waals surface area contributed by atoms with Gasteiger partial charge >= 0.3 is 6.03 Å². The first kappa shape index (κ1) is 20.9. The number of fused-ring (bicyclic) bond motifs is 1. The minimum Gasteiger partial charge on any atom is -0.353 e. The molecule has 1 saturated heterocycles. The van der Waals surface area contributed by atoms with E-state index in [1.165, 1.54) is 5.56 Å². The molecule has 2 aromatic heterocycles. The first-order valence-corrected chi connectivity index (χ1v) is 11.2. The molecule has 33 heavy (non-hydrogen) atoms. The standard InChI is InChI=1S/C25H27N7O/c1-19-22(16-20-8-4-2-5-9-20)23(32-24(29-19)27-18-28-32)30-12-14-31(15-13-30)25(33)26-17-21-10-6-3-7-11-21/h2-11,18H,12-17H2,1H3,(H,26,33). The van der Waals surface area contributed by atoms with Crippen molar-refractivity contribution in [3.63, 3.8) is 0 Å². The number of aromatic nitrogens is 4. The summed E-state index contributed by atoms with van der Waals surface area (Å²) in [4.78, 5) is 25.9. The zero-order valence-electron chi connectivity index (χ0n) is 18.7. The van der Waals surface area contributed by atoms with Crippen molar-refractivity contribution in [1.29, 1.82) is 0 Å². The Hall–Kier alpha value is -3.94. The number of hydrogen-bond donors (Lipinski definition) is 1. The molecule has 0 aliphatic carbocycles. The van der Waals surface area contributed by atoms with Gasteiger partial charge in [0.2, 0.25) is 0 Å². The van der Waals surface area contributed by atoms with Gasteiger partial charge in [-0.15, -0.1) is 0 Å². The van der Waals surface area contributed by atoms with E-state index in [0.29, 0.717) is 25.4 Å². The van der Waals surface area contributed by atoms with Gasteiger partial charge in [0.05, 0.1) is 0 Å². The van der Waals surface area contributed by atoms with Crippen LogP contribution in [-0.2, 0) is 13.0 Å². The summed E-state index contributed by atoms with van der Waals surface area (Å²) >= 11 is 0. The van der Waals surface area contributed by atoms with Crippen LogP contribution in [0.5, 0.6) is 0 Å². The third kappa shape index (κ3) is 4.50. The maximum Gasteiger partial charge on any atom is 0.317 e. The molecule has 0 unspecified atom stereocenters. The van der Waals surface area contributed by atoms with Gasteiger partial charge in [0.1, 0.15) is 12.1 Å². The Labute approximate surface area is 192 Å². The topological polar surface area (TPSA) is 78.7 Å². The van der Waals surface area contributed by atoms with Gasteiger partial charge in [0.15, 0.2) is 0 Å². The van der Waals surface area contributed by atoms with Gasteiger partial charge in [-0.1, -0.05) is 60.7 Å². The summed E-state index contributed by atoms with van der Waals surface area (Å²) < 4.78 is 1.83. The molecule has 1 aliphatic rings. The summed E-state index contributed by atoms with van der Waals surface area (Å²) in [5.41, 5.74) is 4.41. The fourth-order valence-corrected chi connectivity index (χ4v) is 4.31. The second-order valence-electron chi connectivity index (χ2n) is 8.25. The second kappa shape index (κ2) is 9.28. The summed E-state index contributed by atoms with van der Waals surface area (Å²) in [6.45, 7) is 5.29. The molecule has 8 nitrogen and oxygen atoms in total. The number of benzene rings is 2. The monoisotopic (exact) mass is 441 g/mol. The molecular formula is C25H27N7O. The summed E-state index contributed by atoms with van der Waals surface area (Å²) in [5, 5.41) is 7.50. The smallest absolute Gasteiger partial charge is 0.317 e. The highest BCUT2D eigenvalue weighted by Crippen LogP contribution is 2.27. The van der Waals surface area contributed by atoms with Gasteiger partial charge in [-0.2, -0.15) is 14.6 Å². The number of rotatable bonds is 5. The van der Waals surface area contributed by atoms with Crippen LogP contribution in [0.2, 0.25) is 0 Å². The summed E-state index contributed by atoms with van der Waals surface area (Å²) in [7, 11) is 0. The number of amides is 2. The van der Waals surface area contributed by atoms with Gasteiger partial charge in [-0.25, -0.2) is 9.78 Å². The first-order chi connectivity index (χ1) is 16.2. The molecular weight excluding hydrogens is 414 g/mol. The van der Waals surface area contributed by atoms with Crippen molar-refractivity contribution in [3.05, 3.63) is 89.4 Å². The molecule has 5 rings (SSSR count). The molecule has 3 heterocycles. The van der Waals surface area contributed by atoms with Crippen molar-refractivity contribution in [2.45, 2.75) is 19.9 Å². The van der Waals surface area contributed by atoms with Crippen molar-refractivity contribution in [2.24, 2.45) is 0 Å². The molecule has 1 fully saturated rings. The molecule has 4 aromatic rings. The minimum absolute atomic E-state index is 0.0279. The van der Waals surface area contributed by atoms with Crippen LogP contribution in [0.15, 0.2) is 67.0 Å². The Morgan fingerprint density at radius 1 is 0.939 bits per heavy atom. The van der Waals surface area contributed by atoms with E-state index in [1.807, 2.05) is 52.7 Å². The second-order valence-corrected chi connectivity index (χ2v) is 8.25. The van der Waals surface area contributed by atoms with E-state index in [9.17, 15) is 4.79 Å². The highest BCUT2D eigenvalue weighted by atomic mass is 16.2. The van der Waals surface area contributed by atoms with Crippen LogP contribution in [0.25, 0.3) is 5.78 Å². The molecule has 8 heteroatoms. The third-order valence-electron chi connectivity index (χ3n) is 6.08. The SMILES string of the molecule is Cc1nc2ncnn2c(N2CCN(C(=O)NCc3ccccc3)CC2)c1Cc1ccccc1. The average molecular weight is 442 g/mol. The lowest BCUT2D eigenvalue weighted by Crippen LogP contribution is -2.52. The molecule has 0 saturated carbocycles. The number of nitrogens with zero attached hydrogens (tertiary/aromatic N) is 6. The summed E-state index contributed by atoms with van der Waals surface area (Å²) in [6.07, 6.45) is 2.31. The van der Waals surface area contributed by atoms with Gasteiger partial charge < -0.3 is 15.1 Å². The minimum atomic E-state index is -0.0279. The Morgan fingerprint density at radius 2 is 1.61 bits per heavy atom. The first-order valence-electron chi connectivity index (χ1n) is 11.2. The summed E-state index contributed by atoms with van der Waals surface area (Å²) in [6, 6.07) is 20.3. The van der Waals surface area contributed by atoms with Crippen LogP contribution in [0.4, 0.5) is 10.6 Å². The van der Waals surface area contributed by atoms with E-state index < -0.39 is 0 Å². The van der Waals surface area contributed by atoms with Crippen LogP contribution in [0, 0.1) is 6.92 Å². The van der Waals surface area contributed by atoms with E-state index >= 15 is 0 Å². The number of carbonyl (C=O) groups excluding carboxylic acids is 1. The van der Waals surface area contributed by atoms with E-state index in [-0.39, 0.29) is 6.03 Å². The highest BCUT2D eigenvalue weighted by Gasteiger charge is 2.26. The normalized spacial score (nSPS) is 14.0. The van der Waals surface area contributed by atoms with E-state index in [2.05, 4.69) is 49.5 Å². The van der Waals surface area contributed by atoms with Crippen molar-refractivity contribution in [1.82, 2.24) is 29.8 Å². The van der Waals surface area contributed by atoms with E-state index in [1.54, 1.807) is 6.33 Å². The van der Waals surface area contributed by atoms with Crippen molar-refractivity contribution in [2.75, 3.05) is 31.1 Å². The van der Waals surface area contributed by atoms with Crippen LogP contribution < -0.4 is 10.2 Å². The maximum atomic E-state index is 12.7. The lowest BCUT2D eigenvalue weighted by Gasteiger charge is -2.37. The lowest BCUT2D eigenvalue weighted by atomic mass is 10.0. The zero-order valence-corrected chi connectivity index (χ0v) is 18.7. The number of hydrogen-bond acceptors (Lipinski definition) is 5. The van der Waals surface area contributed by atoms with Crippen LogP contribution >= 0.6 is 0 Å². The molecule has 1 N–H and O–H groups in total. The number of piperazine rings is 1. The van der Waals surface area contributed by atoms with Crippen molar-refractivity contribution < 1.29 is 4.79 Å². The largest absolute Gasteiger partial charge is 0.353 e. The third-order valence-corrected chi connectivity index (χ3v) is 6.08. The Bertz CT molecular complexity index is 1230. The fraction of sp³-hybridized carbons (Fsp3) is 0.280. The molecule has 0 spiro atoms. The number of nitrogens with one attached hydrogen (secondary N) is 1. The van der Waals surface area contributed by atoms with Gasteiger partial charge in [-0.3, -0.25) is 0 Å². The molecule has 2 aromatic carbocycles. The van der Waals surface area contributed by atoms with E-state index in [0.717, 1.165) is 42.1 Å². The number of aryl methyl sites for hydroxylation is 1. The van der Waals surface area contributed by atoms with Gasteiger partial charge in [0, 0.05) is 50.4 Å². The lowest BCUT2D eigenvalue weighted by molar-refractivity contribution is 0.193. The average Bonchev–Trinajstić information content (AvgIpc) is 3.32.